The minimum atomic E-state index is 0.314. The number of imidazole rings is 1. The Kier molecular flexibility index (Phi) is 4.27. The van der Waals surface area contributed by atoms with Gasteiger partial charge >= 0.3 is 0 Å². The fraction of sp³-hybridized carbons (Fsp3) is 0.471. The third kappa shape index (κ3) is 3.24. The molecule has 0 aliphatic carbocycles. The van der Waals surface area contributed by atoms with Crippen LogP contribution in [0.5, 0.6) is 0 Å². The fourth-order valence-electron chi connectivity index (χ4n) is 3.54. The molecule has 0 aromatic carbocycles. The van der Waals surface area contributed by atoms with Gasteiger partial charge in [-0.2, -0.15) is 4.98 Å². The summed E-state index contributed by atoms with van der Waals surface area (Å²) in [7, 11) is 2.04. The van der Waals surface area contributed by atoms with Crippen LogP contribution in [0, 0.1) is 6.92 Å². The Balaban J connectivity index is 1.53. The number of hydrogen-bond acceptors (Lipinski definition) is 7. The summed E-state index contributed by atoms with van der Waals surface area (Å²) in [6.45, 7) is 4.43. The molecule has 9 nitrogen and oxygen atoms in total. The molecule has 0 saturated carbocycles. The lowest BCUT2D eigenvalue weighted by atomic mass is 9.97. The molecule has 0 spiro atoms. The number of nitrogens with zero attached hydrogens (tertiary/aromatic N) is 8. The number of aromatic nitrogens is 7. The SMILES string of the molecule is Cc1cc(N2CCC[C@@H](c3nnc(Cn4ccnc4)n3C)C2)nc(N)n1. The van der Waals surface area contributed by atoms with Crippen molar-refractivity contribution in [1.82, 2.24) is 34.3 Å². The molecule has 0 amide bonds. The summed E-state index contributed by atoms with van der Waals surface area (Å²) in [5.41, 5.74) is 6.71. The van der Waals surface area contributed by atoms with Gasteiger partial charge in [0.25, 0.3) is 0 Å². The van der Waals surface area contributed by atoms with Gasteiger partial charge in [-0.3, -0.25) is 0 Å². The van der Waals surface area contributed by atoms with Crippen molar-refractivity contribution in [3.05, 3.63) is 42.1 Å². The molecule has 9 heteroatoms. The second kappa shape index (κ2) is 6.74. The number of anilines is 2. The summed E-state index contributed by atoms with van der Waals surface area (Å²) >= 11 is 0. The van der Waals surface area contributed by atoms with Crippen LogP contribution in [0.1, 0.15) is 36.1 Å². The van der Waals surface area contributed by atoms with E-state index in [9.17, 15) is 0 Å². The van der Waals surface area contributed by atoms with Crippen LogP contribution in [0.3, 0.4) is 0 Å². The van der Waals surface area contributed by atoms with Gasteiger partial charge in [-0.25, -0.2) is 9.97 Å². The average Bonchev–Trinajstić information content (AvgIpc) is 3.25. The van der Waals surface area contributed by atoms with Crippen LogP contribution in [0.4, 0.5) is 11.8 Å². The fourth-order valence-corrected chi connectivity index (χ4v) is 3.54. The van der Waals surface area contributed by atoms with Gasteiger partial charge < -0.3 is 19.8 Å². The first-order chi connectivity index (χ1) is 12.6. The van der Waals surface area contributed by atoms with E-state index in [-0.39, 0.29) is 0 Å². The zero-order chi connectivity index (χ0) is 18.1. The van der Waals surface area contributed by atoms with Gasteiger partial charge in [-0.15, -0.1) is 10.2 Å². The van der Waals surface area contributed by atoms with Gasteiger partial charge in [-0.05, 0) is 19.8 Å². The standard InChI is InChI=1S/C17H23N9/c1-12-8-14(21-17(18)20-12)26-6-3-4-13(9-26)16-23-22-15(24(16)2)10-25-7-5-19-11-25/h5,7-8,11,13H,3-4,6,9-10H2,1-2H3,(H2,18,20,21)/t13-/m1/s1. The van der Waals surface area contributed by atoms with Crippen molar-refractivity contribution in [2.24, 2.45) is 7.05 Å². The molecule has 0 unspecified atom stereocenters. The summed E-state index contributed by atoms with van der Waals surface area (Å²) in [4.78, 5) is 14.9. The smallest absolute Gasteiger partial charge is 0.222 e. The third-order valence-electron chi connectivity index (χ3n) is 4.85. The van der Waals surface area contributed by atoms with Crippen LogP contribution >= 0.6 is 0 Å². The Morgan fingerprint density at radius 1 is 1.27 bits per heavy atom. The van der Waals surface area contributed by atoms with E-state index in [1.54, 1.807) is 12.5 Å². The molecule has 1 fully saturated rings. The molecule has 4 rings (SSSR count). The number of rotatable bonds is 4. The number of piperidine rings is 1. The Labute approximate surface area is 151 Å². The third-order valence-corrected chi connectivity index (χ3v) is 4.85. The molecule has 1 aliphatic heterocycles. The first kappa shape index (κ1) is 16.5. The van der Waals surface area contributed by atoms with Crippen molar-refractivity contribution in [3.8, 4) is 0 Å². The highest BCUT2D eigenvalue weighted by Gasteiger charge is 2.27. The second-order valence-corrected chi connectivity index (χ2v) is 6.78. The normalized spacial score (nSPS) is 17.6. The minimum Gasteiger partial charge on any atom is -0.368 e. The molecule has 2 N–H and O–H groups in total. The van der Waals surface area contributed by atoms with Crippen LogP contribution in [-0.2, 0) is 13.6 Å². The highest BCUT2D eigenvalue weighted by Crippen LogP contribution is 2.28. The maximum absolute atomic E-state index is 5.82. The Morgan fingerprint density at radius 3 is 2.92 bits per heavy atom. The molecule has 1 aliphatic rings. The summed E-state index contributed by atoms with van der Waals surface area (Å²) in [5.74, 6) is 3.47. The molecule has 0 bridgehead atoms. The number of nitrogens with two attached hydrogens (primary N) is 1. The van der Waals surface area contributed by atoms with E-state index < -0.39 is 0 Å². The molecular formula is C17H23N9. The number of nitrogen functional groups attached to an aromatic ring is 1. The summed E-state index contributed by atoms with van der Waals surface area (Å²) in [5, 5.41) is 8.87. The maximum Gasteiger partial charge on any atom is 0.222 e. The van der Waals surface area contributed by atoms with E-state index in [0.717, 1.165) is 49.1 Å². The molecular weight excluding hydrogens is 330 g/mol. The van der Waals surface area contributed by atoms with Crippen molar-refractivity contribution < 1.29 is 0 Å². The molecule has 26 heavy (non-hydrogen) atoms. The monoisotopic (exact) mass is 353 g/mol. The summed E-state index contributed by atoms with van der Waals surface area (Å²) < 4.78 is 4.10. The number of aryl methyl sites for hydroxylation is 1. The highest BCUT2D eigenvalue weighted by molar-refractivity contribution is 5.44. The van der Waals surface area contributed by atoms with Crippen LogP contribution in [0.25, 0.3) is 0 Å². The van der Waals surface area contributed by atoms with Crippen LogP contribution in [-0.4, -0.2) is 47.4 Å². The Hall–Kier alpha value is -2.97. The zero-order valence-corrected chi connectivity index (χ0v) is 15.1. The minimum absolute atomic E-state index is 0.314. The van der Waals surface area contributed by atoms with Gasteiger partial charge in [0.05, 0.1) is 12.9 Å². The van der Waals surface area contributed by atoms with Gasteiger partial charge in [0.15, 0.2) is 5.82 Å². The van der Waals surface area contributed by atoms with E-state index in [4.69, 9.17) is 5.73 Å². The maximum atomic E-state index is 5.82. The topological polar surface area (TPSA) is 104 Å². The van der Waals surface area contributed by atoms with E-state index in [2.05, 4.69) is 34.6 Å². The molecule has 3 aromatic rings. The van der Waals surface area contributed by atoms with Gasteiger partial charge in [0, 0.05) is 50.2 Å². The van der Waals surface area contributed by atoms with Crippen LogP contribution in [0.15, 0.2) is 24.8 Å². The van der Waals surface area contributed by atoms with E-state index in [0.29, 0.717) is 18.4 Å². The van der Waals surface area contributed by atoms with Gasteiger partial charge in [0.1, 0.15) is 11.6 Å². The number of hydrogen-bond donors (Lipinski definition) is 1. The molecule has 1 atom stereocenters. The zero-order valence-electron chi connectivity index (χ0n) is 15.1. The van der Waals surface area contributed by atoms with Crippen molar-refractivity contribution >= 4 is 11.8 Å². The lowest BCUT2D eigenvalue weighted by Gasteiger charge is -2.33. The highest BCUT2D eigenvalue weighted by atomic mass is 15.3. The van der Waals surface area contributed by atoms with E-state index in [1.165, 1.54) is 0 Å². The van der Waals surface area contributed by atoms with E-state index >= 15 is 0 Å². The predicted octanol–water partition coefficient (Wildman–Crippen LogP) is 1.12. The van der Waals surface area contributed by atoms with Crippen molar-refractivity contribution in [1.29, 1.82) is 0 Å². The van der Waals surface area contributed by atoms with Crippen LogP contribution in [0.2, 0.25) is 0 Å². The van der Waals surface area contributed by atoms with Crippen molar-refractivity contribution in [2.75, 3.05) is 23.7 Å². The summed E-state index contributed by atoms with van der Waals surface area (Å²) in [6.07, 6.45) is 7.66. The van der Waals surface area contributed by atoms with Crippen molar-refractivity contribution in [3.63, 3.8) is 0 Å². The summed E-state index contributed by atoms with van der Waals surface area (Å²) in [6, 6.07) is 1.99. The molecule has 4 heterocycles. The Morgan fingerprint density at radius 2 is 2.15 bits per heavy atom. The second-order valence-electron chi connectivity index (χ2n) is 6.78. The molecule has 136 valence electrons. The first-order valence-electron chi connectivity index (χ1n) is 8.80. The predicted molar refractivity (Wildman–Crippen MR) is 97.7 cm³/mol. The van der Waals surface area contributed by atoms with E-state index in [1.807, 2.05) is 30.8 Å². The largest absolute Gasteiger partial charge is 0.368 e. The lowest BCUT2D eigenvalue weighted by Crippen LogP contribution is -2.36. The first-order valence-corrected chi connectivity index (χ1v) is 8.80. The average molecular weight is 353 g/mol. The van der Waals surface area contributed by atoms with Gasteiger partial charge in [0.2, 0.25) is 5.95 Å². The van der Waals surface area contributed by atoms with Crippen molar-refractivity contribution in [2.45, 2.75) is 32.2 Å². The lowest BCUT2D eigenvalue weighted by molar-refractivity contribution is 0.475. The molecule has 3 aromatic heterocycles. The molecule has 0 radical (unpaired) electrons. The quantitative estimate of drug-likeness (QED) is 0.749. The Bertz CT molecular complexity index is 864. The molecule has 1 saturated heterocycles. The van der Waals surface area contributed by atoms with Crippen LogP contribution < -0.4 is 10.6 Å². The van der Waals surface area contributed by atoms with Gasteiger partial charge in [-0.1, -0.05) is 0 Å².